The quantitative estimate of drug-likeness (QED) is 0.917. The fraction of sp³-hybridized carbons (Fsp3) is 0.350. The molecule has 3 heteroatoms. The Morgan fingerprint density at radius 3 is 2.39 bits per heavy atom. The summed E-state index contributed by atoms with van der Waals surface area (Å²) < 4.78 is 0. The second kappa shape index (κ2) is 7.42. The van der Waals surface area contributed by atoms with Crippen molar-refractivity contribution < 1.29 is 4.79 Å². The van der Waals surface area contributed by atoms with Gasteiger partial charge in [0.05, 0.1) is 0 Å². The van der Waals surface area contributed by atoms with Crippen LogP contribution >= 0.6 is 0 Å². The lowest BCUT2D eigenvalue weighted by Crippen LogP contribution is -2.39. The summed E-state index contributed by atoms with van der Waals surface area (Å²) in [6.07, 6.45) is 2.37. The molecule has 3 nitrogen and oxygen atoms in total. The maximum Gasteiger partial charge on any atom is 0.219 e. The highest BCUT2D eigenvalue weighted by atomic mass is 16.2. The van der Waals surface area contributed by atoms with Crippen molar-refractivity contribution >= 4 is 5.91 Å². The second-order valence-electron chi connectivity index (χ2n) is 6.26. The predicted octanol–water partition coefficient (Wildman–Crippen LogP) is 3.45. The zero-order valence-electron chi connectivity index (χ0n) is 13.7. The maximum absolute atomic E-state index is 11.9. The van der Waals surface area contributed by atoms with Crippen LogP contribution in [0.1, 0.15) is 25.3 Å². The summed E-state index contributed by atoms with van der Waals surface area (Å²) in [7, 11) is 0. The van der Waals surface area contributed by atoms with Gasteiger partial charge in [0.1, 0.15) is 0 Å². The van der Waals surface area contributed by atoms with E-state index in [2.05, 4.69) is 53.8 Å². The normalized spacial score (nSPS) is 17.2. The molecule has 1 aliphatic heterocycles. The molecule has 23 heavy (non-hydrogen) atoms. The first-order valence-corrected chi connectivity index (χ1v) is 8.35. The van der Waals surface area contributed by atoms with Crippen molar-refractivity contribution in [1.82, 2.24) is 10.2 Å². The number of carbonyl (C=O) groups is 1. The number of nitrogens with one attached hydrogen (secondary N) is 1. The minimum absolute atomic E-state index is 0.144. The molecular weight excluding hydrogens is 284 g/mol. The van der Waals surface area contributed by atoms with Gasteiger partial charge in [-0.2, -0.15) is 0 Å². The van der Waals surface area contributed by atoms with Gasteiger partial charge in [-0.1, -0.05) is 54.6 Å². The molecule has 0 aliphatic carbocycles. The molecule has 0 bridgehead atoms. The number of hydrogen-bond donors (Lipinski definition) is 1. The third-order valence-electron chi connectivity index (χ3n) is 4.48. The van der Waals surface area contributed by atoms with Gasteiger partial charge in [0.25, 0.3) is 0 Å². The van der Waals surface area contributed by atoms with Crippen molar-refractivity contribution in [3.8, 4) is 11.1 Å². The molecule has 1 amide bonds. The molecule has 1 aliphatic rings. The van der Waals surface area contributed by atoms with Gasteiger partial charge < -0.3 is 10.2 Å². The minimum atomic E-state index is 0.144. The van der Waals surface area contributed by atoms with E-state index in [0.717, 1.165) is 19.5 Å². The van der Waals surface area contributed by atoms with E-state index in [1.54, 1.807) is 6.92 Å². The van der Waals surface area contributed by atoms with Gasteiger partial charge in [0, 0.05) is 26.1 Å². The number of nitrogens with zero attached hydrogens (tertiary/aromatic N) is 1. The SMILES string of the molecule is CC(=O)N(Cc1ccc(-c2ccccc2)cc1)CC1CCCN1. The van der Waals surface area contributed by atoms with Crippen LogP contribution in [0, 0.1) is 0 Å². The monoisotopic (exact) mass is 308 g/mol. The summed E-state index contributed by atoms with van der Waals surface area (Å²) in [6, 6.07) is 19.3. The minimum Gasteiger partial charge on any atom is -0.337 e. The number of rotatable bonds is 5. The zero-order chi connectivity index (χ0) is 16.1. The Labute approximate surface area is 138 Å². The molecule has 3 rings (SSSR count). The standard InChI is InChI=1S/C20H24N2O/c1-16(23)22(15-20-8-5-13-21-20)14-17-9-11-19(12-10-17)18-6-3-2-4-7-18/h2-4,6-7,9-12,20-21H,5,8,13-15H2,1H3. The molecule has 1 unspecified atom stereocenters. The lowest BCUT2D eigenvalue weighted by molar-refractivity contribution is -0.129. The molecule has 2 aromatic rings. The number of benzene rings is 2. The highest BCUT2D eigenvalue weighted by molar-refractivity contribution is 5.73. The summed E-state index contributed by atoms with van der Waals surface area (Å²) >= 11 is 0. The molecular formula is C20H24N2O. The highest BCUT2D eigenvalue weighted by Gasteiger charge is 2.19. The Kier molecular flexibility index (Phi) is 5.09. The molecule has 1 N–H and O–H groups in total. The molecule has 1 atom stereocenters. The van der Waals surface area contributed by atoms with E-state index in [-0.39, 0.29) is 5.91 Å². The number of amides is 1. The Balaban J connectivity index is 1.67. The Morgan fingerprint density at radius 2 is 1.78 bits per heavy atom. The molecule has 2 aromatic carbocycles. The number of hydrogen-bond acceptors (Lipinski definition) is 2. The Bertz CT molecular complexity index is 630. The van der Waals surface area contributed by atoms with Crippen molar-refractivity contribution in [3.05, 3.63) is 60.2 Å². The summed E-state index contributed by atoms with van der Waals surface area (Å²) in [5.41, 5.74) is 3.61. The van der Waals surface area contributed by atoms with Crippen LogP contribution in [0.3, 0.4) is 0 Å². The van der Waals surface area contributed by atoms with Crippen molar-refractivity contribution in [2.45, 2.75) is 32.4 Å². The van der Waals surface area contributed by atoms with Gasteiger partial charge in [-0.15, -0.1) is 0 Å². The summed E-state index contributed by atoms with van der Waals surface area (Å²) in [4.78, 5) is 13.9. The van der Waals surface area contributed by atoms with Crippen LogP contribution in [-0.4, -0.2) is 29.9 Å². The van der Waals surface area contributed by atoms with Crippen molar-refractivity contribution in [1.29, 1.82) is 0 Å². The van der Waals surface area contributed by atoms with Crippen LogP contribution in [0.25, 0.3) is 11.1 Å². The molecule has 0 radical (unpaired) electrons. The second-order valence-corrected chi connectivity index (χ2v) is 6.26. The Morgan fingerprint density at radius 1 is 1.09 bits per heavy atom. The van der Waals surface area contributed by atoms with E-state index in [0.29, 0.717) is 12.6 Å². The molecule has 1 heterocycles. The van der Waals surface area contributed by atoms with Gasteiger partial charge in [0.2, 0.25) is 5.91 Å². The van der Waals surface area contributed by atoms with Crippen molar-refractivity contribution in [2.24, 2.45) is 0 Å². The Hall–Kier alpha value is -2.13. The van der Waals surface area contributed by atoms with E-state index in [1.165, 1.54) is 23.1 Å². The smallest absolute Gasteiger partial charge is 0.219 e. The summed E-state index contributed by atoms with van der Waals surface area (Å²) in [5, 5.41) is 3.46. The molecule has 0 spiro atoms. The molecule has 1 saturated heterocycles. The molecule has 120 valence electrons. The first-order valence-electron chi connectivity index (χ1n) is 8.35. The fourth-order valence-corrected chi connectivity index (χ4v) is 3.14. The van der Waals surface area contributed by atoms with Crippen LogP contribution in [0.4, 0.5) is 0 Å². The van der Waals surface area contributed by atoms with Crippen LogP contribution in [0.5, 0.6) is 0 Å². The lowest BCUT2D eigenvalue weighted by Gasteiger charge is -2.25. The average Bonchev–Trinajstić information content (AvgIpc) is 3.09. The number of carbonyl (C=O) groups excluding carboxylic acids is 1. The van der Waals surface area contributed by atoms with E-state index < -0.39 is 0 Å². The highest BCUT2D eigenvalue weighted by Crippen LogP contribution is 2.20. The summed E-state index contributed by atoms with van der Waals surface area (Å²) in [6.45, 7) is 4.22. The molecule has 1 fully saturated rings. The van der Waals surface area contributed by atoms with Gasteiger partial charge in [0.15, 0.2) is 0 Å². The predicted molar refractivity (Wildman–Crippen MR) is 94.0 cm³/mol. The largest absolute Gasteiger partial charge is 0.337 e. The average molecular weight is 308 g/mol. The lowest BCUT2D eigenvalue weighted by atomic mass is 10.0. The van der Waals surface area contributed by atoms with Crippen molar-refractivity contribution in [3.63, 3.8) is 0 Å². The fourth-order valence-electron chi connectivity index (χ4n) is 3.14. The maximum atomic E-state index is 11.9. The van der Waals surface area contributed by atoms with E-state index in [4.69, 9.17) is 0 Å². The zero-order valence-corrected chi connectivity index (χ0v) is 13.7. The van der Waals surface area contributed by atoms with E-state index >= 15 is 0 Å². The van der Waals surface area contributed by atoms with Gasteiger partial charge in [-0.05, 0) is 36.1 Å². The summed E-state index contributed by atoms with van der Waals surface area (Å²) in [5.74, 6) is 0.144. The third kappa shape index (κ3) is 4.20. The van der Waals surface area contributed by atoms with Crippen molar-refractivity contribution in [2.75, 3.05) is 13.1 Å². The first kappa shape index (κ1) is 15.8. The first-order chi connectivity index (χ1) is 11.2. The van der Waals surface area contributed by atoms with Crippen LogP contribution < -0.4 is 5.32 Å². The molecule has 0 saturated carbocycles. The van der Waals surface area contributed by atoms with Crippen LogP contribution in [0.15, 0.2) is 54.6 Å². The topological polar surface area (TPSA) is 32.3 Å². The van der Waals surface area contributed by atoms with Gasteiger partial charge in [-0.25, -0.2) is 0 Å². The van der Waals surface area contributed by atoms with Crippen LogP contribution in [-0.2, 0) is 11.3 Å². The molecule has 0 aromatic heterocycles. The van der Waals surface area contributed by atoms with Crippen LogP contribution in [0.2, 0.25) is 0 Å². The van der Waals surface area contributed by atoms with E-state index in [9.17, 15) is 4.79 Å². The van der Waals surface area contributed by atoms with E-state index in [1.807, 2.05) is 11.0 Å². The van der Waals surface area contributed by atoms with Gasteiger partial charge >= 0.3 is 0 Å². The third-order valence-corrected chi connectivity index (χ3v) is 4.48. The van der Waals surface area contributed by atoms with Gasteiger partial charge in [-0.3, -0.25) is 4.79 Å².